The molecule has 1 unspecified atom stereocenters. The number of rotatable bonds is 4. The molecule has 0 radical (unpaired) electrons. The second-order valence-electron chi connectivity index (χ2n) is 6.85. The van der Waals surface area contributed by atoms with E-state index >= 15 is 0 Å². The van der Waals surface area contributed by atoms with Crippen LogP contribution >= 0.6 is 15.9 Å². The van der Waals surface area contributed by atoms with Gasteiger partial charge in [0.05, 0.1) is 18.9 Å². The first kappa shape index (κ1) is 20.0. The van der Waals surface area contributed by atoms with Gasteiger partial charge in [0.1, 0.15) is 23.3 Å². The number of aliphatic hydroxyl groups excluding tert-OH is 1. The van der Waals surface area contributed by atoms with Crippen LogP contribution < -0.4 is 9.64 Å². The van der Waals surface area contributed by atoms with Crippen molar-refractivity contribution in [1.82, 2.24) is 0 Å². The number of hydrogen-bond acceptors (Lipinski definition) is 5. The first-order chi connectivity index (χ1) is 14.4. The number of methoxy groups -OCH3 is 1. The van der Waals surface area contributed by atoms with Gasteiger partial charge in [0.15, 0.2) is 0 Å². The second kappa shape index (κ2) is 7.84. The number of hydrogen-bond donors (Lipinski definition) is 1. The summed E-state index contributed by atoms with van der Waals surface area (Å²) in [5.74, 6) is -0.765. The van der Waals surface area contributed by atoms with E-state index in [0.717, 1.165) is 10.0 Å². The van der Waals surface area contributed by atoms with Crippen LogP contribution in [0.3, 0.4) is 0 Å². The van der Waals surface area contributed by atoms with Crippen molar-refractivity contribution < 1.29 is 23.8 Å². The molecule has 1 aliphatic rings. The zero-order chi connectivity index (χ0) is 21.4. The van der Waals surface area contributed by atoms with E-state index in [9.17, 15) is 14.7 Å². The minimum absolute atomic E-state index is 0.0208. The summed E-state index contributed by atoms with van der Waals surface area (Å²) >= 11 is 3.43. The smallest absolute Gasteiger partial charge is 0.300 e. The summed E-state index contributed by atoms with van der Waals surface area (Å²) in [6.45, 7) is 1.88. The molecule has 0 aliphatic carbocycles. The Bertz CT molecular complexity index is 1150. The summed E-state index contributed by atoms with van der Waals surface area (Å²) in [5.41, 5.74) is 1.80. The van der Waals surface area contributed by atoms with E-state index in [1.807, 2.05) is 6.92 Å². The fourth-order valence-corrected chi connectivity index (χ4v) is 3.75. The maximum Gasteiger partial charge on any atom is 0.300 e. The van der Waals surface area contributed by atoms with Gasteiger partial charge in [-0.15, -0.1) is 0 Å². The maximum atomic E-state index is 13.0. The number of halogens is 1. The fourth-order valence-electron chi connectivity index (χ4n) is 3.51. The maximum absolute atomic E-state index is 13.0. The van der Waals surface area contributed by atoms with Crippen molar-refractivity contribution in [3.8, 4) is 5.75 Å². The third-order valence-corrected chi connectivity index (χ3v) is 5.93. The summed E-state index contributed by atoms with van der Waals surface area (Å²) in [4.78, 5) is 27.3. The average Bonchev–Trinajstić information content (AvgIpc) is 3.37. The number of Topliss-reactive ketones (excluding diaryl/α,β-unsaturated/α-hetero) is 1. The molecule has 0 spiro atoms. The molecule has 2 aromatic carbocycles. The largest absolute Gasteiger partial charge is 0.507 e. The molecule has 0 bridgehead atoms. The number of ketones is 1. The van der Waals surface area contributed by atoms with Crippen LogP contribution in [0.5, 0.6) is 5.75 Å². The fraction of sp³-hybridized carbons (Fsp3) is 0.130. The Hall–Kier alpha value is -3.32. The zero-order valence-electron chi connectivity index (χ0n) is 16.3. The summed E-state index contributed by atoms with van der Waals surface area (Å²) < 4.78 is 11.6. The number of aliphatic hydroxyl groups is 1. The Kier molecular flexibility index (Phi) is 5.22. The van der Waals surface area contributed by atoms with Gasteiger partial charge in [0.2, 0.25) is 0 Å². The lowest BCUT2D eigenvalue weighted by Gasteiger charge is -2.23. The highest BCUT2D eigenvalue weighted by Gasteiger charge is 2.48. The van der Waals surface area contributed by atoms with Crippen LogP contribution in [-0.4, -0.2) is 23.9 Å². The zero-order valence-corrected chi connectivity index (χ0v) is 17.8. The number of furan rings is 1. The van der Waals surface area contributed by atoms with E-state index in [4.69, 9.17) is 9.15 Å². The van der Waals surface area contributed by atoms with Crippen LogP contribution in [0, 0.1) is 6.92 Å². The summed E-state index contributed by atoms with van der Waals surface area (Å²) in [7, 11) is 1.55. The lowest BCUT2D eigenvalue weighted by atomic mass is 9.98. The lowest BCUT2D eigenvalue weighted by molar-refractivity contribution is -0.132. The molecule has 1 saturated heterocycles. The molecule has 3 aromatic rings. The van der Waals surface area contributed by atoms with Gasteiger partial charge in [-0.2, -0.15) is 0 Å². The first-order valence-corrected chi connectivity index (χ1v) is 9.96. The minimum atomic E-state index is -0.891. The molecule has 6 nitrogen and oxygen atoms in total. The minimum Gasteiger partial charge on any atom is -0.507 e. The third-order valence-electron chi connectivity index (χ3n) is 5.04. The number of ether oxygens (including phenoxy) is 1. The van der Waals surface area contributed by atoms with Gasteiger partial charge in [-0.3, -0.25) is 14.5 Å². The van der Waals surface area contributed by atoms with E-state index in [1.54, 1.807) is 61.7 Å². The van der Waals surface area contributed by atoms with E-state index in [1.165, 1.54) is 11.2 Å². The van der Waals surface area contributed by atoms with E-state index in [2.05, 4.69) is 15.9 Å². The van der Waals surface area contributed by atoms with Crippen molar-refractivity contribution in [2.24, 2.45) is 0 Å². The lowest BCUT2D eigenvalue weighted by Crippen LogP contribution is -2.29. The van der Waals surface area contributed by atoms with E-state index < -0.39 is 17.7 Å². The molecule has 30 heavy (non-hydrogen) atoms. The summed E-state index contributed by atoms with van der Waals surface area (Å²) in [6.07, 6.45) is 1.47. The Morgan fingerprint density at radius 2 is 1.87 bits per heavy atom. The molecule has 7 heteroatoms. The molecule has 1 amide bonds. The van der Waals surface area contributed by atoms with Crippen LogP contribution in [0.1, 0.15) is 22.9 Å². The van der Waals surface area contributed by atoms with Crippen molar-refractivity contribution in [2.45, 2.75) is 13.0 Å². The van der Waals surface area contributed by atoms with E-state index in [0.29, 0.717) is 22.8 Å². The standard InChI is InChI=1S/C23H18BrNO5/c1-13-12-14(5-10-17(13)24)21(26)19-20(18-4-3-11-30-18)25(23(28)22(19)27)15-6-8-16(29-2)9-7-15/h3-12,20,26H,1-2H3/b21-19-. The Morgan fingerprint density at radius 3 is 2.47 bits per heavy atom. The molecule has 1 atom stereocenters. The van der Waals surface area contributed by atoms with Crippen molar-refractivity contribution in [3.05, 3.63) is 87.8 Å². The first-order valence-electron chi connectivity index (χ1n) is 9.17. The van der Waals surface area contributed by atoms with Gasteiger partial charge in [-0.05, 0) is 61.0 Å². The van der Waals surface area contributed by atoms with Crippen molar-refractivity contribution in [2.75, 3.05) is 12.0 Å². The molecule has 2 heterocycles. The molecular formula is C23H18BrNO5. The highest BCUT2D eigenvalue weighted by molar-refractivity contribution is 9.10. The highest BCUT2D eigenvalue weighted by Crippen LogP contribution is 2.42. The number of carbonyl (C=O) groups excluding carboxylic acids is 2. The predicted octanol–water partition coefficient (Wildman–Crippen LogP) is 4.99. The second-order valence-corrected chi connectivity index (χ2v) is 7.70. The number of nitrogens with zero attached hydrogens (tertiary/aromatic N) is 1. The molecule has 4 rings (SSSR count). The molecule has 0 saturated carbocycles. The number of carbonyl (C=O) groups is 2. The van der Waals surface area contributed by atoms with Crippen molar-refractivity contribution in [3.63, 3.8) is 0 Å². The number of aryl methyl sites for hydroxylation is 1. The Labute approximate surface area is 181 Å². The highest BCUT2D eigenvalue weighted by atomic mass is 79.9. The third kappa shape index (κ3) is 3.31. The van der Waals surface area contributed by atoms with Gasteiger partial charge in [-0.25, -0.2) is 0 Å². The SMILES string of the molecule is COc1ccc(N2C(=O)C(=O)/C(=C(\O)c3ccc(Br)c(C)c3)C2c2ccco2)cc1. The summed E-state index contributed by atoms with van der Waals surface area (Å²) in [5, 5.41) is 11.0. The molecule has 1 N–H and O–H groups in total. The number of anilines is 1. The number of benzene rings is 2. The van der Waals surface area contributed by atoms with Crippen molar-refractivity contribution >= 4 is 39.1 Å². The van der Waals surface area contributed by atoms with Gasteiger partial charge in [-0.1, -0.05) is 22.0 Å². The number of amides is 1. The van der Waals surface area contributed by atoms with Crippen LogP contribution in [0.4, 0.5) is 5.69 Å². The van der Waals surface area contributed by atoms with Gasteiger partial charge >= 0.3 is 0 Å². The predicted molar refractivity (Wildman–Crippen MR) is 115 cm³/mol. The van der Waals surface area contributed by atoms with Gasteiger partial charge < -0.3 is 14.3 Å². The topological polar surface area (TPSA) is 80.0 Å². The molecule has 1 aliphatic heterocycles. The van der Waals surface area contributed by atoms with Crippen molar-refractivity contribution in [1.29, 1.82) is 0 Å². The summed E-state index contributed by atoms with van der Waals surface area (Å²) in [6, 6.07) is 14.4. The molecule has 1 fully saturated rings. The monoisotopic (exact) mass is 467 g/mol. The normalized spacial score (nSPS) is 18.1. The quantitative estimate of drug-likeness (QED) is 0.332. The van der Waals surface area contributed by atoms with Crippen LogP contribution in [0.15, 0.2) is 75.3 Å². The average molecular weight is 468 g/mol. The molecule has 152 valence electrons. The Morgan fingerprint density at radius 1 is 1.13 bits per heavy atom. The van der Waals surface area contributed by atoms with Crippen LogP contribution in [-0.2, 0) is 9.59 Å². The molecular weight excluding hydrogens is 450 g/mol. The Balaban J connectivity index is 1.90. The van der Waals surface area contributed by atoms with Crippen LogP contribution in [0.2, 0.25) is 0 Å². The molecule has 1 aromatic heterocycles. The van der Waals surface area contributed by atoms with E-state index in [-0.39, 0.29) is 11.3 Å². The van der Waals surface area contributed by atoms with Crippen LogP contribution in [0.25, 0.3) is 5.76 Å². The van der Waals surface area contributed by atoms with Gasteiger partial charge in [0, 0.05) is 15.7 Å². The van der Waals surface area contributed by atoms with Gasteiger partial charge in [0.25, 0.3) is 11.7 Å².